The Morgan fingerprint density at radius 3 is 1.17 bits per heavy atom. The van der Waals surface area contributed by atoms with Gasteiger partial charge in [0.05, 0.1) is 4.92 Å². The zero-order valence-electron chi connectivity index (χ0n) is 43.7. The van der Waals surface area contributed by atoms with Gasteiger partial charge in [-0.3, -0.25) is 15.1 Å². The zero-order valence-corrected chi connectivity index (χ0v) is 43.7. The number of nitro benzene ring substituents is 1. The smallest absolute Gasteiger partial charge is 0.261 e. The second-order valence-electron chi connectivity index (χ2n) is 23.7. The number of rotatable bonds is 10. The van der Waals surface area contributed by atoms with E-state index in [9.17, 15) is 10.1 Å². The van der Waals surface area contributed by atoms with Gasteiger partial charge in [0, 0.05) is 24.0 Å². The van der Waals surface area contributed by atoms with E-state index >= 15 is 0 Å². The third kappa shape index (κ3) is 36.6. The molecule has 1 heterocycles. The van der Waals surface area contributed by atoms with E-state index < -0.39 is 0 Å². The maximum atomic E-state index is 10.4. The maximum Gasteiger partial charge on any atom is 0.269 e. The molecule has 0 saturated carbocycles. The van der Waals surface area contributed by atoms with Crippen LogP contribution < -0.4 is 0 Å². The Kier molecular flexibility index (Phi) is 29.5. The van der Waals surface area contributed by atoms with Gasteiger partial charge >= 0.3 is 0 Å². The molecule has 4 heteroatoms. The largest absolute Gasteiger partial charge is 0.269 e. The number of aryl methyl sites for hydroxylation is 6. The molecule has 0 bridgehead atoms. The van der Waals surface area contributed by atoms with Gasteiger partial charge in [-0.2, -0.15) is 0 Å². The van der Waals surface area contributed by atoms with Gasteiger partial charge in [-0.1, -0.05) is 227 Å². The minimum absolute atomic E-state index is 0. The zero-order chi connectivity index (χ0) is 48.6. The first-order chi connectivity index (χ1) is 29.5. The predicted octanol–water partition coefficient (Wildman–Crippen LogP) is 19.1. The van der Waals surface area contributed by atoms with Crippen LogP contribution >= 0.6 is 0 Å². The summed E-state index contributed by atoms with van der Waals surface area (Å²) in [4.78, 5) is 14.3. The van der Waals surface area contributed by atoms with Crippen LogP contribution in [0.4, 0.5) is 5.69 Å². The van der Waals surface area contributed by atoms with Gasteiger partial charge in [0.15, 0.2) is 0 Å². The van der Waals surface area contributed by atoms with Gasteiger partial charge in [-0.05, 0) is 133 Å². The lowest BCUT2D eigenvalue weighted by atomic mass is 9.88. The molecule has 0 aliphatic heterocycles. The van der Waals surface area contributed by atoms with Crippen LogP contribution in [0.2, 0.25) is 0 Å². The van der Waals surface area contributed by atoms with Crippen molar-refractivity contribution in [1.82, 2.24) is 4.98 Å². The van der Waals surface area contributed by atoms with Crippen LogP contribution in [0.3, 0.4) is 0 Å². The molecule has 5 aromatic rings. The molecular formula is C62H98N2O2. The lowest BCUT2D eigenvalue weighted by Gasteiger charge is -2.17. The van der Waals surface area contributed by atoms with Crippen molar-refractivity contribution in [3.05, 3.63) is 177 Å². The average Bonchev–Trinajstić information content (AvgIpc) is 3.19. The molecule has 0 saturated heterocycles. The normalized spacial score (nSPS) is 11.2. The Bertz CT molecular complexity index is 1960. The Morgan fingerprint density at radius 1 is 0.424 bits per heavy atom. The van der Waals surface area contributed by atoms with Gasteiger partial charge < -0.3 is 0 Å². The fraction of sp³-hybridized carbons (Fsp3) is 0.532. The Labute approximate surface area is 408 Å². The molecule has 0 amide bonds. The van der Waals surface area contributed by atoms with E-state index in [4.69, 9.17) is 0 Å². The number of pyridine rings is 1. The fourth-order valence-corrected chi connectivity index (χ4v) is 6.17. The van der Waals surface area contributed by atoms with Crippen molar-refractivity contribution >= 4 is 5.69 Å². The molecular weight excluding hydrogens is 805 g/mol. The molecule has 1 aromatic heterocycles. The molecule has 0 unspecified atom stereocenters. The number of benzene rings is 4. The molecule has 4 nitrogen and oxygen atoms in total. The number of hydrogen-bond acceptors (Lipinski definition) is 3. The van der Waals surface area contributed by atoms with Crippen LogP contribution in [0.15, 0.2) is 128 Å². The highest BCUT2D eigenvalue weighted by atomic mass is 16.6. The third-order valence-electron chi connectivity index (χ3n) is 10.3. The van der Waals surface area contributed by atoms with E-state index in [1.807, 2.05) is 30.5 Å². The molecule has 0 aliphatic rings. The van der Waals surface area contributed by atoms with Crippen molar-refractivity contribution in [2.75, 3.05) is 0 Å². The monoisotopic (exact) mass is 903 g/mol. The van der Waals surface area contributed by atoms with Gasteiger partial charge in [-0.25, -0.2) is 0 Å². The second-order valence-corrected chi connectivity index (χ2v) is 23.7. The van der Waals surface area contributed by atoms with Crippen molar-refractivity contribution in [1.29, 1.82) is 0 Å². The van der Waals surface area contributed by atoms with Gasteiger partial charge in [0.1, 0.15) is 0 Å². The topological polar surface area (TPSA) is 56.0 Å². The first-order valence-corrected chi connectivity index (χ1v) is 23.8. The predicted molar refractivity (Wildman–Crippen MR) is 294 cm³/mol. The van der Waals surface area contributed by atoms with Gasteiger partial charge in [-0.15, -0.1) is 0 Å². The summed E-state index contributed by atoms with van der Waals surface area (Å²) in [5.74, 6) is 0. The molecule has 0 spiro atoms. The second kappa shape index (κ2) is 30.7. The van der Waals surface area contributed by atoms with Crippen LogP contribution in [-0.4, -0.2) is 9.91 Å². The number of aromatic nitrogens is 1. The van der Waals surface area contributed by atoms with Crippen LogP contribution in [0.1, 0.15) is 183 Å². The average molecular weight is 903 g/mol. The Balaban J connectivity index is 0. The maximum absolute atomic E-state index is 10.4. The van der Waals surface area contributed by atoms with Crippen LogP contribution in [0.25, 0.3) is 0 Å². The van der Waals surface area contributed by atoms with E-state index in [1.165, 1.54) is 72.0 Å². The molecule has 0 fully saturated rings. The van der Waals surface area contributed by atoms with E-state index in [-0.39, 0.29) is 25.5 Å². The molecule has 368 valence electrons. The summed E-state index contributed by atoms with van der Waals surface area (Å²) in [7, 11) is 0. The summed E-state index contributed by atoms with van der Waals surface area (Å²) in [5.41, 5.74) is 11.6. The van der Waals surface area contributed by atoms with E-state index in [0.29, 0.717) is 27.1 Å². The first-order valence-electron chi connectivity index (χ1n) is 23.8. The molecule has 5 rings (SSSR count). The summed E-state index contributed by atoms with van der Waals surface area (Å²) in [5, 5.41) is 10.4. The number of nitrogens with zero attached hydrogens (tertiary/aromatic N) is 2. The molecule has 66 heavy (non-hydrogen) atoms. The van der Waals surface area contributed by atoms with Crippen molar-refractivity contribution in [2.45, 2.75) is 190 Å². The van der Waals surface area contributed by atoms with Crippen molar-refractivity contribution < 1.29 is 4.92 Å². The van der Waals surface area contributed by atoms with Crippen molar-refractivity contribution in [2.24, 2.45) is 27.1 Å². The Hall–Kier alpha value is -4.57. The van der Waals surface area contributed by atoms with Gasteiger partial charge in [0.2, 0.25) is 0 Å². The Morgan fingerprint density at radius 2 is 0.803 bits per heavy atom. The molecule has 0 N–H and O–H groups in total. The summed E-state index contributed by atoms with van der Waals surface area (Å²) in [6.07, 6.45) is 12.3. The quantitative estimate of drug-likeness (QED) is 0.104. The lowest BCUT2D eigenvalue weighted by Crippen LogP contribution is -2.09. The highest BCUT2D eigenvalue weighted by Gasteiger charge is 2.13. The third-order valence-corrected chi connectivity index (χ3v) is 10.3. The number of nitro groups is 1. The number of hydrogen-bond donors (Lipinski definition) is 0. The lowest BCUT2D eigenvalue weighted by molar-refractivity contribution is -0.384. The fourth-order valence-electron chi connectivity index (χ4n) is 6.17. The standard InChI is InChI=1S/2C13H20.C12H17NO2.C12H18.C10H15N.2CH4/c1-11-5-7-12(8-6-11)9-10-13(2,3)4;1-11-6-5-7-12(10-11)8-9-13(2,3)4;1-12(2,3)9-8-10-4-6-11(7-5-10)13(14)15;1-12(2,3)10-9-11-7-5-4-6-8-11;1-10(2,3)8-9-6-4-5-7-11-9;;/h5-8H,9-10H2,1-4H3;5-7,10H,8-9H2,1-4H3;4-7H,8-9H2,1-3H3;4-8H,9-10H2,1-3H3;4-7H,8H2,1-3H3;2*1H4. The van der Waals surface area contributed by atoms with Crippen LogP contribution in [-0.2, 0) is 32.1 Å². The van der Waals surface area contributed by atoms with E-state index in [1.54, 1.807) is 12.1 Å². The minimum atomic E-state index is -0.368. The molecule has 0 atom stereocenters. The molecule has 0 radical (unpaired) electrons. The first kappa shape index (κ1) is 63.5. The minimum Gasteiger partial charge on any atom is -0.261 e. The molecule has 0 aliphatic carbocycles. The summed E-state index contributed by atoms with van der Waals surface area (Å²) in [6.45, 7) is 38.2. The summed E-state index contributed by atoms with van der Waals surface area (Å²) >= 11 is 0. The molecule has 4 aromatic carbocycles. The SMILES string of the molecule is C.C.CC(C)(C)CCc1ccc([N+](=O)[O-])cc1.CC(C)(C)CCc1ccccc1.CC(C)(C)Cc1ccccn1.Cc1ccc(CCC(C)(C)C)cc1.Cc1cccc(CCC(C)(C)C)c1. The van der Waals surface area contributed by atoms with Crippen molar-refractivity contribution in [3.8, 4) is 0 Å². The van der Waals surface area contributed by atoms with Crippen LogP contribution in [0.5, 0.6) is 0 Å². The highest BCUT2D eigenvalue weighted by molar-refractivity contribution is 5.33. The van der Waals surface area contributed by atoms with E-state index in [2.05, 4.69) is 208 Å². The van der Waals surface area contributed by atoms with Crippen LogP contribution in [0, 0.1) is 51.0 Å². The van der Waals surface area contributed by atoms with E-state index in [0.717, 1.165) is 24.8 Å². The van der Waals surface area contributed by atoms with Crippen molar-refractivity contribution in [3.63, 3.8) is 0 Å². The van der Waals surface area contributed by atoms with Gasteiger partial charge in [0.25, 0.3) is 5.69 Å². The number of non-ortho nitro benzene ring substituents is 1. The summed E-state index contributed by atoms with van der Waals surface area (Å²) in [6, 6.07) is 41.2. The highest BCUT2D eigenvalue weighted by Crippen LogP contribution is 2.25. The summed E-state index contributed by atoms with van der Waals surface area (Å²) < 4.78 is 0.